The van der Waals surface area contributed by atoms with Crippen LogP contribution in [0.5, 0.6) is 0 Å². The number of nitrogens with zero attached hydrogens (tertiary/aromatic N) is 2. The lowest BCUT2D eigenvalue weighted by Gasteiger charge is -2.12. The van der Waals surface area contributed by atoms with Crippen LogP contribution in [0.4, 0.5) is 0 Å². The van der Waals surface area contributed by atoms with E-state index in [0.717, 1.165) is 19.3 Å². The monoisotopic (exact) mass is 286 g/mol. The summed E-state index contributed by atoms with van der Waals surface area (Å²) in [6.07, 6.45) is 2.87. The van der Waals surface area contributed by atoms with Gasteiger partial charge in [0.05, 0.1) is 5.75 Å². The van der Waals surface area contributed by atoms with Crippen molar-refractivity contribution in [2.24, 2.45) is 0 Å². The van der Waals surface area contributed by atoms with Gasteiger partial charge in [-0.3, -0.25) is 9.36 Å². The summed E-state index contributed by atoms with van der Waals surface area (Å²) in [6.45, 7) is 6.69. The van der Waals surface area contributed by atoms with E-state index in [1.165, 1.54) is 11.8 Å². The van der Waals surface area contributed by atoms with Gasteiger partial charge in [0.25, 0.3) is 0 Å². The van der Waals surface area contributed by atoms with E-state index in [0.29, 0.717) is 11.7 Å². The van der Waals surface area contributed by atoms with Gasteiger partial charge < -0.3 is 5.32 Å². The largest absolute Gasteiger partial charge is 0.353 e. The highest BCUT2D eigenvalue weighted by Gasteiger charge is 2.12. The maximum absolute atomic E-state index is 11.7. The molecule has 0 bridgehead atoms. The van der Waals surface area contributed by atoms with Crippen LogP contribution in [-0.2, 0) is 11.3 Å². The van der Waals surface area contributed by atoms with Crippen molar-refractivity contribution in [1.29, 1.82) is 0 Å². The Balaban J connectivity index is 2.48. The minimum absolute atomic E-state index is 0.0237. The van der Waals surface area contributed by atoms with E-state index < -0.39 is 0 Å². The molecule has 0 fully saturated rings. The van der Waals surface area contributed by atoms with Gasteiger partial charge in [-0.1, -0.05) is 32.0 Å². The molecule has 0 saturated carbocycles. The molecule has 1 amide bonds. The topological polar surface area (TPSA) is 79.8 Å². The number of amides is 1. The third-order valence-corrected chi connectivity index (χ3v) is 3.61. The van der Waals surface area contributed by atoms with Crippen molar-refractivity contribution in [1.82, 2.24) is 20.1 Å². The van der Waals surface area contributed by atoms with Gasteiger partial charge >= 0.3 is 5.69 Å². The predicted molar refractivity (Wildman–Crippen MR) is 76.4 cm³/mol. The van der Waals surface area contributed by atoms with E-state index >= 15 is 0 Å². The molecule has 19 heavy (non-hydrogen) atoms. The van der Waals surface area contributed by atoms with Crippen molar-refractivity contribution in [2.45, 2.75) is 57.8 Å². The van der Waals surface area contributed by atoms with Gasteiger partial charge in [0, 0.05) is 12.6 Å². The molecule has 0 aliphatic heterocycles. The zero-order valence-electron chi connectivity index (χ0n) is 11.7. The van der Waals surface area contributed by atoms with Crippen molar-refractivity contribution in [3.05, 3.63) is 10.5 Å². The first-order valence-electron chi connectivity index (χ1n) is 6.65. The number of hydrogen-bond donors (Lipinski definition) is 2. The molecule has 0 saturated heterocycles. The zero-order valence-corrected chi connectivity index (χ0v) is 12.5. The second-order valence-electron chi connectivity index (χ2n) is 4.51. The Kier molecular flexibility index (Phi) is 6.69. The van der Waals surface area contributed by atoms with Crippen LogP contribution < -0.4 is 11.0 Å². The molecule has 108 valence electrons. The highest BCUT2D eigenvalue weighted by molar-refractivity contribution is 7.99. The first-order valence-corrected chi connectivity index (χ1v) is 7.64. The molecule has 1 atom stereocenters. The van der Waals surface area contributed by atoms with Crippen LogP contribution in [0.1, 0.15) is 40.0 Å². The maximum atomic E-state index is 11.7. The van der Waals surface area contributed by atoms with Crippen molar-refractivity contribution < 1.29 is 4.79 Å². The summed E-state index contributed by atoms with van der Waals surface area (Å²) in [7, 11) is 0. The van der Waals surface area contributed by atoms with Crippen molar-refractivity contribution in [3.63, 3.8) is 0 Å². The second kappa shape index (κ2) is 8.04. The minimum atomic E-state index is -0.218. The number of nitrogens with one attached hydrogen (secondary N) is 2. The van der Waals surface area contributed by atoms with Gasteiger partial charge in [0.1, 0.15) is 0 Å². The lowest BCUT2D eigenvalue weighted by atomic mass is 10.2. The summed E-state index contributed by atoms with van der Waals surface area (Å²) in [5, 5.41) is 9.84. The maximum Gasteiger partial charge on any atom is 0.343 e. The highest BCUT2D eigenvalue weighted by atomic mass is 32.2. The van der Waals surface area contributed by atoms with Crippen LogP contribution in [0.2, 0.25) is 0 Å². The molecule has 0 unspecified atom stereocenters. The molecule has 0 aliphatic carbocycles. The molecule has 0 aliphatic rings. The molecular formula is C12H22N4O2S. The number of aromatic amines is 1. The number of rotatable bonds is 8. The number of hydrogen-bond acceptors (Lipinski definition) is 4. The summed E-state index contributed by atoms with van der Waals surface area (Å²) in [4.78, 5) is 23.2. The summed E-state index contributed by atoms with van der Waals surface area (Å²) in [6, 6.07) is 0.190. The Hall–Kier alpha value is -1.24. The van der Waals surface area contributed by atoms with E-state index in [2.05, 4.69) is 22.4 Å². The van der Waals surface area contributed by atoms with Gasteiger partial charge in [-0.2, -0.15) is 0 Å². The molecule has 1 heterocycles. The molecule has 1 aromatic rings. The van der Waals surface area contributed by atoms with E-state index in [9.17, 15) is 9.59 Å². The van der Waals surface area contributed by atoms with Gasteiger partial charge in [-0.25, -0.2) is 9.89 Å². The summed E-state index contributed by atoms with van der Waals surface area (Å²) >= 11 is 1.28. The molecule has 0 spiro atoms. The average molecular weight is 286 g/mol. The van der Waals surface area contributed by atoms with Crippen LogP contribution in [0.25, 0.3) is 0 Å². The lowest BCUT2D eigenvalue weighted by Crippen LogP contribution is -2.33. The normalized spacial score (nSPS) is 12.4. The number of aromatic nitrogens is 3. The first kappa shape index (κ1) is 15.8. The summed E-state index contributed by atoms with van der Waals surface area (Å²) in [5.41, 5.74) is -0.218. The van der Waals surface area contributed by atoms with E-state index in [-0.39, 0.29) is 23.4 Å². The Morgan fingerprint density at radius 2 is 2.21 bits per heavy atom. The predicted octanol–water partition coefficient (Wildman–Crippen LogP) is 1.38. The molecule has 7 heteroatoms. The van der Waals surface area contributed by atoms with Crippen molar-refractivity contribution in [3.8, 4) is 0 Å². The third kappa shape index (κ3) is 5.10. The highest BCUT2D eigenvalue weighted by Crippen LogP contribution is 2.13. The SMILES string of the molecule is CCC[C@H](C)NC(=O)CSc1n[nH]c(=O)n1CCC. The van der Waals surface area contributed by atoms with Crippen molar-refractivity contribution in [2.75, 3.05) is 5.75 Å². The third-order valence-electron chi connectivity index (χ3n) is 2.63. The fourth-order valence-corrected chi connectivity index (χ4v) is 2.57. The standard InChI is InChI=1S/C12H22N4O2S/c1-4-6-9(3)13-10(17)8-19-12-15-14-11(18)16(12)7-5-2/h9H,4-8H2,1-3H3,(H,13,17)(H,14,18)/t9-/m0/s1. The Bertz CT molecular complexity index is 455. The van der Waals surface area contributed by atoms with Gasteiger partial charge in [0.2, 0.25) is 5.91 Å². The fourth-order valence-electron chi connectivity index (χ4n) is 1.79. The van der Waals surface area contributed by atoms with Crippen LogP contribution >= 0.6 is 11.8 Å². The quantitative estimate of drug-likeness (QED) is 0.708. The Morgan fingerprint density at radius 1 is 1.47 bits per heavy atom. The second-order valence-corrected chi connectivity index (χ2v) is 5.45. The molecule has 1 aromatic heterocycles. The van der Waals surface area contributed by atoms with Crippen LogP contribution in [0, 0.1) is 0 Å². The van der Waals surface area contributed by atoms with Crippen LogP contribution in [0.3, 0.4) is 0 Å². The lowest BCUT2D eigenvalue weighted by molar-refractivity contribution is -0.119. The molecule has 1 rings (SSSR count). The molecular weight excluding hydrogens is 264 g/mol. The smallest absolute Gasteiger partial charge is 0.343 e. The number of thioether (sulfide) groups is 1. The van der Waals surface area contributed by atoms with Gasteiger partial charge in [0.15, 0.2) is 5.16 Å². The van der Waals surface area contributed by atoms with Gasteiger partial charge in [-0.15, -0.1) is 5.10 Å². The first-order chi connectivity index (χ1) is 9.08. The number of carbonyl (C=O) groups excluding carboxylic acids is 1. The van der Waals surface area contributed by atoms with E-state index in [1.807, 2.05) is 13.8 Å². The Labute approximate surface area is 117 Å². The van der Waals surface area contributed by atoms with E-state index in [4.69, 9.17) is 0 Å². The van der Waals surface area contributed by atoms with Crippen LogP contribution in [0.15, 0.2) is 9.95 Å². The Morgan fingerprint density at radius 3 is 2.84 bits per heavy atom. The van der Waals surface area contributed by atoms with E-state index in [1.54, 1.807) is 4.57 Å². The fraction of sp³-hybridized carbons (Fsp3) is 0.750. The van der Waals surface area contributed by atoms with Crippen molar-refractivity contribution >= 4 is 17.7 Å². The summed E-state index contributed by atoms with van der Waals surface area (Å²) in [5.74, 6) is 0.256. The zero-order chi connectivity index (χ0) is 14.3. The molecule has 0 aromatic carbocycles. The molecule has 2 N–H and O–H groups in total. The number of carbonyl (C=O) groups is 1. The number of H-pyrrole nitrogens is 1. The summed E-state index contributed by atoms with van der Waals surface area (Å²) < 4.78 is 1.56. The minimum Gasteiger partial charge on any atom is -0.353 e. The average Bonchev–Trinajstić information content (AvgIpc) is 2.69. The van der Waals surface area contributed by atoms with Gasteiger partial charge in [-0.05, 0) is 19.8 Å². The molecule has 0 radical (unpaired) electrons. The van der Waals surface area contributed by atoms with Crippen LogP contribution in [-0.4, -0.2) is 32.5 Å². The molecule has 6 nitrogen and oxygen atoms in total.